The third-order valence-corrected chi connectivity index (χ3v) is 3.58. The van der Waals surface area contributed by atoms with Crippen molar-refractivity contribution in [2.24, 2.45) is 0 Å². The number of amides is 1. The van der Waals surface area contributed by atoms with Gasteiger partial charge in [-0.25, -0.2) is 0 Å². The summed E-state index contributed by atoms with van der Waals surface area (Å²) in [7, 11) is 0. The summed E-state index contributed by atoms with van der Waals surface area (Å²) < 4.78 is 6.25. The van der Waals surface area contributed by atoms with Crippen molar-refractivity contribution in [1.29, 1.82) is 0 Å². The van der Waals surface area contributed by atoms with E-state index in [1.165, 1.54) is 0 Å². The van der Waals surface area contributed by atoms with Crippen molar-refractivity contribution in [3.63, 3.8) is 0 Å². The summed E-state index contributed by atoms with van der Waals surface area (Å²) in [6.45, 7) is 4.00. The number of hydrogen-bond donors (Lipinski definition) is 1. The molecular formula is C13H17Br2NO2. The van der Waals surface area contributed by atoms with Crippen LogP contribution in [0.1, 0.15) is 22.3 Å². The molecule has 1 amide bonds. The highest BCUT2D eigenvalue weighted by Crippen LogP contribution is 2.17. The topological polar surface area (TPSA) is 38.3 Å². The average molecular weight is 379 g/mol. The van der Waals surface area contributed by atoms with Crippen molar-refractivity contribution in [3.8, 4) is 0 Å². The van der Waals surface area contributed by atoms with Gasteiger partial charge in [0, 0.05) is 28.5 Å². The summed E-state index contributed by atoms with van der Waals surface area (Å²) >= 11 is 6.71. The Morgan fingerprint density at radius 1 is 1.39 bits per heavy atom. The van der Waals surface area contributed by atoms with Gasteiger partial charge in [0.2, 0.25) is 0 Å². The first-order valence-electron chi connectivity index (χ1n) is 5.83. The van der Waals surface area contributed by atoms with Crippen LogP contribution in [-0.2, 0) is 4.74 Å². The molecule has 0 fully saturated rings. The van der Waals surface area contributed by atoms with E-state index in [-0.39, 0.29) is 5.91 Å². The van der Waals surface area contributed by atoms with Gasteiger partial charge in [0.25, 0.3) is 5.91 Å². The normalized spacial score (nSPS) is 10.4. The third-order valence-electron chi connectivity index (χ3n) is 2.41. The summed E-state index contributed by atoms with van der Waals surface area (Å²) in [5.41, 5.74) is 1.79. The van der Waals surface area contributed by atoms with Crippen LogP contribution >= 0.6 is 31.9 Å². The van der Waals surface area contributed by atoms with Gasteiger partial charge in [-0.05, 0) is 31.0 Å². The van der Waals surface area contributed by atoms with Crippen molar-refractivity contribution in [3.05, 3.63) is 33.8 Å². The summed E-state index contributed by atoms with van der Waals surface area (Å²) in [4.78, 5) is 11.8. The summed E-state index contributed by atoms with van der Waals surface area (Å²) in [5.74, 6) is -0.0452. The van der Waals surface area contributed by atoms with Crippen LogP contribution in [-0.4, -0.2) is 31.0 Å². The minimum absolute atomic E-state index is 0.0452. The predicted octanol–water partition coefficient (Wildman–Crippen LogP) is 3.29. The molecule has 3 nitrogen and oxygen atoms in total. The lowest BCUT2D eigenvalue weighted by Gasteiger charge is -2.07. The molecule has 0 saturated carbocycles. The van der Waals surface area contributed by atoms with E-state index in [1.54, 1.807) is 0 Å². The van der Waals surface area contributed by atoms with Gasteiger partial charge in [-0.3, -0.25) is 4.79 Å². The van der Waals surface area contributed by atoms with E-state index in [0.717, 1.165) is 21.8 Å². The number of aryl methyl sites for hydroxylation is 1. The molecular weight excluding hydrogens is 362 g/mol. The Kier molecular flexibility index (Phi) is 7.54. The Labute approximate surface area is 125 Å². The Morgan fingerprint density at radius 2 is 2.17 bits per heavy atom. The van der Waals surface area contributed by atoms with Gasteiger partial charge >= 0.3 is 0 Å². The molecule has 0 aliphatic rings. The van der Waals surface area contributed by atoms with E-state index < -0.39 is 0 Å². The number of nitrogens with one attached hydrogen (secondary N) is 1. The molecule has 0 spiro atoms. The van der Waals surface area contributed by atoms with Crippen LogP contribution < -0.4 is 5.32 Å². The van der Waals surface area contributed by atoms with Crippen LogP contribution in [0.5, 0.6) is 0 Å². The Balaban J connectivity index is 2.30. The second-order valence-electron chi connectivity index (χ2n) is 3.87. The molecule has 1 aromatic rings. The van der Waals surface area contributed by atoms with Crippen LogP contribution in [0.3, 0.4) is 0 Å². The molecule has 0 aliphatic carbocycles. The van der Waals surface area contributed by atoms with Gasteiger partial charge in [-0.15, -0.1) is 0 Å². The van der Waals surface area contributed by atoms with E-state index in [0.29, 0.717) is 25.3 Å². The number of ether oxygens (including phenoxy) is 1. The largest absolute Gasteiger partial charge is 0.381 e. The van der Waals surface area contributed by atoms with Crippen molar-refractivity contribution in [1.82, 2.24) is 5.32 Å². The zero-order chi connectivity index (χ0) is 13.4. The Bertz CT molecular complexity index is 397. The summed E-state index contributed by atoms with van der Waals surface area (Å²) in [6, 6.07) is 5.60. The van der Waals surface area contributed by atoms with Crippen LogP contribution in [0.25, 0.3) is 0 Å². The fourth-order valence-corrected chi connectivity index (χ4v) is 1.98. The van der Waals surface area contributed by atoms with E-state index in [9.17, 15) is 4.79 Å². The van der Waals surface area contributed by atoms with E-state index in [4.69, 9.17) is 4.74 Å². The molecule has 0 radical (unpaired) electrons. The molecule has 1 aromatic carbocycles. The maximum atomic E-state index is 11.8. The molecule has 0 aliphatic heterocycles. The number of hydrogen-bond acceptors (Lipinski definition) is 2. The van der Waals surface area contributed by atoms with Crippen molar-refractivity contribution >= 4 is 37.8 Å². The van der Waals surface area contributed by atoms with Gasteiger partial charge < -0.3 is 10.1 Å². The van der Waals surface area contributed by atoms with E-state index in [1.807, 2.05) is 25.1 Å². The zero-order valence-electron chi connectivity index (χ0n) is 10.3. The molecule has 0 aromatic heterocycles. The predicted molar refractivity (Wildman–Crippen MR) is 80.4 cm³/mol. The van der Waals surface area contributed by atoms with Crippen molar-refractivity contribution < 1.29 is 9.53 Å². The zero-order valence-corrected chi connectivity index (χ0v) is 13.5. The highest BCUT2D eigenvalue weighted by atomic mass is 79.9. The van der Waals surface area contributed by atoms with Crippen molar-refractivity contribution in [2.45, 2.75) is 13.3 Å². The first-order chi connectivity index (χ1) is 8.65. The molecule has 0 bridgehead atoms. The van der Waals surface area contributed by atoms with Crippen LogP contribution in [0.15, 0.2) is 22.7 Å². The monoisotopic (exact) mass is 377 g/mol. The number of halogens is 2. The van der Waals surface area contributed by atoms with Gasteiger partial charge in [0.1, 0.15) is 0 Å². The molecule has 18 heavy (non-hydrogen) atoms. The Hall–Kier alpha value is -0.390. The fraction of sp³-hybridized carbons (Fsp3) is 0.462. The van der Waals surface area contributed by atoms with Crippen LogP contribution in [0.4, 0.5) is 0 Å². The smallest absolute Gasteiger partial charge is 0.251 e. The lowest BCUT2D eigenvalue weighted by Crippen LogP contribution is -2.25. The molecule has 0 saturated heterocycles. The van der Waals surface area contributed by atoms with Crippen molar-refractivity contribution in [2.75, 3.05) is 25.1 Å². The molecule has 1 rings (SSSR count). The SMILES string of the molecule is Cc1ccc(C(=O)NCCCOCCBr)cc1Br. The highest BCUT2D eigenvalue weighted by molar-refractivity contribution is 9.10. The van der Waals surface area contributed by atoms with E-state index in [2.05, 4.69) is 37.2 Å². The quantitative estimate of drug-likeness (QED) is 0.584. The number of benzene rings is 1. The molecule has 5 heteroatoms. The molecule has 0 heterocycles. The molecule has 1 N–H and O–H groups in total. The first kappa shape index (κ1) is 15.7. The summed E-state index contributed by atoms with van der Waals surface area (Å²) in [5, 5.41) is 3.72. The summed E-state index contributed by atoms with van der Waals surface area (Å²) in [6.07, 6.45) is 0.825. The van der Waals surface area contributed by atoms with Gasteiger partial charge in [-0.1, -0.05) is 37.9 Å². The number of alkyl halides is 1. The highest BCUT2D eigenvalue weighted by Gasteiger charge is 2.06. The van der Waals surface area contributed by atoms with Gasteiger partial charge in [-0.2, -0.15) is 0 Å². The standard InChI is InChI=1S/C13H17Br2NO2/c1-10-3-4-11(9-12(10)15)13(17)16-6-2-7-18-8-5-14/h3-4,9H,2,5-8H2,1H3,(H,16,17). The van der Waals surface area contributed by atoms with Gasteiger partial charge in [0.05, 0.1) is 6.61 Å². The lowest BCUT2D eigenvalue weighted by atomic mass is 10.1. The maximum absolute atomic E-state index is 11.8. The second-order valence-corrected chi connectivity index (χ2v) is 5.52. The minimum Gasteiger partial charge on any atom is -0.381 e. The minimum atomic E-state index is -0.0452. The van der Waals surface area contributed by atoms with E-state index >= 15 is 0 Å². The second kappa shape index (κ2) is 8.67. The Morgan fingerprint density at radius 3 is 2.83 bits per heavy atom. The average Bonchev–Trinajstić information content (AvgIpc) is 2.36. The first-order valence-corrected chi connectivity index (χ1v) is 7.74. The maximum Gasteiger partial charge on any atom is 0.251 e. The number of carbonyl (C=O) groups excluding carboxylic acids is 1. The fourth-order valence-electron chi connectivity index (χ4n) is 1.37. The lowest BCUT2D eigenvalue weighted by molar-refractivity contribution is 0.0944. The van der Waals surface area contributed by atoms with Crippen LogP contribution in [0.2, 0.25) is 0 Å². The van der Waals surface area contributed by atoms with Crippen LogP contribution in [0, 0.1) is 6.92 Å². The van der Waals surface area contributed by atoms with Gasteiger partial charge in [0.15, 0.2) is 0 Å². The third kappa shape index (κ3) is 5.50. The number of rotatable bonds is 7. The molecule has 0 unspecified atom stereocenters. The number of carbonyl (C=O) groups is 1. The molecule has 0 atom stereocenters. The molecule has 100 valence electrons.